The van der Waals surface area contributed by atoms with Crippen LogP contribution in [0.25, 0.3) is 22.2 Å². The summed E-state index contributed by atoms with van der Waals surface area (Å²) in [6.07, 6.45) is 4.13. The molecular formula is C26H33FN4O. The average molecular weight is 437 g/mol. The summed E-state index contributed by atoms with van der Waals surface area (Å²) < 4.78 is 19.6. The van der Waals surface area contributed by atoms with Crippen LogP contribution in [-0.4, -0.2) is 53.7 Å². The maximum Gasteiger partial charge on any atom is 0.138 e. The second kappa shape index (κ2) is 8.16. The molecule has 0 spiro atoms. The molecule has 2 N–H and O–H groups in total. The first kappa shape index (κ1) is 21.4. The van der Waals surface area contributed by atoms with Gasteiger partial charge in [0.25, 0.3) is 0 Å². The number of benzene rings is 1. The van der Waals surface area contributed by atoms with Crippen molar-refractivity contribution in [1.29, 1.82) is 0 Å². The Morgan fingerprint density at radius 1 is 1.12 bits per heavy atom. The minimum atomic E-state index is -0.272. The van der Waals surface area contributed by atoms with Crippen LogP contribution in [0.15, 0.2) is 36.5 Å². The van der Waals surface area contributed by atoms with E-state index in [9.17, 15) is 4.39 Å². The molecule has 5 nitrogen and oxygen atoms in total. The molecule has 3 atom stereocenters. The van der Waals surface area contributed by atoms with Gasteiger partial charge in [-0.3, -0.25) is 4.90 Å². The van der Waals surface area contributed by atoms with Gasteiger partial charge >= 0.3 is 0 Å². The number of pyridine rings is 1. The highest BCUT2D eigenvalue weighted by molar-refractivity contribution is 5.95. The second-order valence-corrected chi connectivity index (χ2v) is 10.3. The fourth-order valence-electron chi connectivity index (χ4n) is 5.95. The molecule has 2 saturated heterocycles. The van der Waals surface area contributed by atoms with Crippen molar-refractivity contribution in [1.82, 2.24) is 20.2 Å². The van der Waals surface area contributed by atoms with Crippen LogP contribution < -0.4 is 10.1 Å². The smallest absolute Gasteiger partial charge is 0.138 e. The summed E-state index contributed by atoms with van der Waals surface area (Å²) in [5, 5.41) is 4.55. The van der Waals surface area contributed by atoms with E-state index in [-0.39, 0.29) is 11.2 Å². The summed E-state index contributed by atoms with van der Waals surface area (Å²) in [5.41, 5.74) is 3.92. The van der Waals surface area contributed by atoms with E-state index in [0.29, 0.717) is 23.8 Å². The number of methoxy groups -OCH3 is 1. The summed E-state index contributed by atoms with van der Waals surface area (Å²) in [4.78, 5) is 11.0. The van der Waals surface area contributed by atoms with Crippen LogP contribution in [0.4, 0.5) is 4.39 Å². The standard InChI is InChI=1S/C26H33FN4O/c1-26(2,3)24-19(9-12-31(24)17-7-10-28-15-17)22-14-21-18(8-11-29-25(21)30-22)20-13-16(27)5-6-23(20)32-4/h5-6,8,11,13-14,17,19,24,28H,7,9-10,12,15H2,1-4H3,(H,29,30). The Morgan fingerprint density at radius 3 is 2.69 bits per heavy atom. The number of nitrogens with one attached hydrogen (secondary N) is 2. The molecular weight excluding hydrogens is 403 g/mol. The van der Waals surface area contributed by atoms with Crippen molar-refractivity contribution in [2.75, 3.05) is 26.7 Å². The van der Waals surface area contributed by atoms with Gasteiger partial charge in [0.05, 0.1) is 7.11 Å². The number of halogens is 1. The zero-order valence-electron chi connectivity index (χ0n) is 19.4. The fourth-order valence-corrected chi connectivity index (χ4v) is 5.95. The van der Waals surface area contributed by atoms with Crippen LogP contribution in [0.3, 0.4) is 0 Å². The van der Waals surface area contributed by atoms with Gasteiger partial charge in [-0.05, 0) is 67.2 Å². The molecule has 6 heteroatoms. The molecule has 32 heavy (non-hydrogen) atoms. The summed E-state index contributed by atoms with van der Waals surface area (Å²) in [5.74, 6) is 0.799. The molecule has 2 aromatic heterocycles. The van der Waals surface area contributed by atoms with Crippen LogP contribution in [0.5, 0.6) is 5.75 Å². The van der Waals surface area contributed by atoms with Crippen LogP contribution in [-0.2, 0) is 0 Å². The van der Waals surface area contributed by atoms with Gasteiger partial charge in [0.2, 0.25) is 0 Å². The lowest BCUT2D eigenvalue weighted by Gasteiger charge is -2.41. The number of aromatic nitrogens is 2. The summed E-state index contributed by atoms with van der Waals surface area (Å²) >= 11 is 0. The van der Waals surface area contributed by atoms with Crippen molar-refractivity contribution < 1.29 is 9.13 Å². The van der Waals surface area contributed by atoms with E-state index in [2.05, 4.69) is 47.0 Å². The van der Waals surface area contributed by atoms with Gasteiger partial charge in [0.15, 0.2) is 0 Å². The third-order valence-corrected chi connectivity index (χ3v) is 7.23. The molecule has 3 aromatic rings. The molecule has 5 rings (SSSR count). The minimum absolute atomic E-state index is 0.156. The molecule has 2 aliphatic heterocycles. The van der Waals surface area contributed by atoms with Gasteiger partial charge < -0.3 is 15.0 Å². The lowest BCUT2D eigenvalue weighted by Crippen LogP contribution is -2.48. The summed E-state index contributed by atoms with van der Waals surface area (Å²) in [6.45, 7) is 10.4. The number of hydrogen-bond acceptors (Lipinski definition) is 4. The zero-order chi connectivity index (χ0) is 22.5. The molecule has 0 amide bonds. The van der Waals surface area contributed by atoms with E-state index < -0.39 is 0 Å². The van der Waals surface area contributed by atoms with Crippen LogP contribution in [0.2, 0.25) is 0 Å². The molecule has 2 fully saturated rings. The normalized spacial score (nSPS) is 24.5. The third kappa shape index (κ3) is 3.69. The highest BCUT2D eigenvalue weighted by atomic mass is 19.1. The van der Waals surface area contributed by atoms with Gasteiger partial charge in [-0.15, -0.1) is 0 Å². The Balaban J connectivity index is 1.57. The maximum atomic E-state index is 14.1. The number of aromatic amines is 1. The van der Waals surface area contributed by atoms with Crippen molar-refractivity contribution in [2.24, 2.45) is 5.41 Å². The number of nitrogens with zero attached hydrogens (tertiary/aromatic N) is 2. The van der Waals surface area contributed by atoms with E-state index in [1.165, 1.54) is 18.2 Å². The molecule has 1 aromatic carbocycles. The predicted molar refractivity (Wildman–Crippen MR) is 127 cm³/mol. The molecule has 170 valence electrons. The Kier molecular flexibility index (Phi) is 5.46. The number of likely N-dealkylation sites (tertiary alicyclic amines) is 1. The van der Waals surface area contributed by atoms with Crippen LogP contribution >= 0.6 is 0 Å². The van der Waals surface area contributed by atoms with Gasteiger partial charge in [-0.1, -0.05) is 20.8 Å². The first-order valence-corrected chi connectivity index (χ1v) is 11.6. The molecule has 0 radical (unpaired) electrons. The van der Waals surface area contributed by atoms with Gasteiger partial charge in [0, 0.05) is 47.4 Å². The Bertz CT molecular complexity index is 1110. The van der Waals surface area contributed by atoms with Crippen molar-refractivity contribution >= 4 is 11.0 Å². The molecule has 3 unspecified atom stereocenters. The van der Waals surface area contributed by atoms with Crippen molar-refractivity contribution in [3.63, 3.8) is 0 Å². The largest absolute Gasteiger partial charge is 0.496 e. The predicted octanol–water partition coefficient (Wildman–Crippen LogP) is 4.94. The van der Waals surface area contributed by atoms with E-state index in [1.54, 1.807) is 25.4 Å². The maximum absolute atomic E-state index is 14.1. The van der Waals surface area contributed by atoms with E-state index in [4.69, 9.17) is 4.74 Å². The Morgan fingerprint density at radius 2 is 1.97 bits per heavy atom. The monoisotopic (exact) mass is 436 g/mol. The van der Waals surface area contributed by atoms with Gasteiger partial charge in [0.1, 0.15) is 17.2 Å². The zero-order valence-corrected chi connectivity index (χ0v) is 19.4. The van der Waals surface area contributed by atoms with Crippen molar-refractivity contribution in [2.45, 2.75) is 51.6 Å². The lowest BCUT2D eigenvalue weighted by molar-refractivity contribution is 0.0945. The lowest BCUT2D eigenvalue weighted by atomic mass is 9.77. The average Bonchev–Trinajstić information content (AvgIpc) is 3.50. The topological polar surface area (TPSA) is 53.2 Å². The number of hydrogen-bond donors (Lipinski definition) is 2. The number of ether oxygens (including phenoxy) is 1. The van der Waals surface area contributed by atoms with E-state index in [0.717, 1.165) is 48.2 Å². The van der Waals surface area contributed by atoms with Crippen LogP contribution in [0, 0.1) is 11.2 Å². The van der Waals surface area contributed by atoms with Crippen LogP contribution in [0.1, 0.15) is 45.2 Å². The van der Waals surface area contributed by atoms with Crippen molar-refractivity contribution in [3.8, 4) is 16.9 Å². The first-order chi connectivity index (χ1) is 15.4. The molecule has 2 aliphatic rings. The second-order valence-electron chi connectivity index (χ2n) is 10.3. The Hall–Kier alpha value is -2.44. The third-order valence-electron chi connectivity index (χ3n) is 7.23. The molecule has 4 heterocycles. The molecule has 0 bridgehead atoms. The highest BCUT2D eigenvalue weighted by Gasteiger charge is 2.45. The number of H-pyrrole nitrogens is 1. The SMILES string of the molecule is COc1ccc(F)cc1-c1ccnc2[nH]c(C3CCN(C4CCNC4)C3C(C)(C)C)cc12. The van der Waals surface area contributed by atoms with E-state index in [1.807, 2.05) is 6.07 Å². The molecule has 0 saturated carbocycles. The molecule has 0 aliphatic carbocycles. The quantitative estimate of drug-likeness (QED) is 0.608. The summed E-state index contributed by atoms with van der Waals surface area (Å²) in [7, 11) is 1.62. The fraction of sp³-hybridized carbons (Fsp3) is 0.500. The summed E-state index contributed by atoms with van der Waals surface area (Å²) in [6, 6.07) is 9.91. The van der Waals surface area contributed by atoms with E-state index >= 15 is 0 Å². The Labute approximate surface area is 189 Å². The first-order valence-electron chi connectivity index (χ1n) is 11.6. The highest BCUT2D eigenvalue weighted by Crippen LogP contribution is 2.45. The number of fused-ring (bicyclic) bond motifs is 1. The van der Waals surface area contributed by atoms with Gasteiger partial charge in [-0.25, -0.2) is 9.37 Å². The van der Waals surface area contributed by atoms with Gasteiger partial charge in [-0.2, -0.15) is 0 Å². The minimum Gasteiger partial charge on any atom is -0.496 e. The number of rotatable bonds is 4. The van der Waals surface area contributed by atoms with Crippen molar-refractivity contribution in [3.05, 3.63) is 48.0 Å².